The van der Waals surface area contributed by atoms with Gasteiger partial charge in [0.25, 0.3) is 0 Å². The lowest BCUT2D eigenvalue weighted by atomic mass is 9.92. The Labute approximate surface area is 125 Å². The molecule has 3 heteroatoms. The maximum Gasteiger partial charge on any atom is 0.123 e. The van der Waals surface area contributed by atoms with E-state index in [0.717, 1.165) is 17.1 Å². The van der Waals surface area contributed by atoms with E-state index in [1.165, 1.54) is 5.56 Å². The SMILES string of the molecule is COc1ccc(OC)c(C(Cl)C(C)c2ccccc2)c1. The Morgan fingerprint density at radius 1 is 0.950 bits per heavy atom. The van der Waals surface area contributed by atoms with Crippen LogP contribution < -0.4 is 9.47 Å². The Morgan fingerprint density at radius 2 is 1.65 bits per heavy atom. The van der Waals surface area contributed by atoms with E-state index in [4.69, 9.17) is 21.1 Å². The first-order valence-corrected chi connectivity index (χ1v) is 7.02. The van der Waals surface area contributed by atoms with Gasteiger partial charge in [-0.15, -0.1) is 11.6 Å². The molecule has 0 spiro atoms. The zero-order chi connectivity index (χ0) is 14.5. The average molecular weight is 291 g/mol. The van der Waals surface area contributed by atoms with E-state index in [0.29, 0.717) is 0 Å². The van der Waals surface area contributed by atoms with Crippen molar-refractivity contribution >= 4 is 11.6 Å². The molecule has 106 valence electrons. The van der Waals surface area contributed by atoms with Crippen molar-refractivity contribution in [2.24, 2.45) is 0 Å². The van der Waals surface area contributed by atoms with Gasteiger partial charge in [-0.2, -0.15) is 0 Å². The zero-order valence-corrected chi connectivity index (χ0v) is 12.7. The van der Waals surface area contributed by atoms with Crippen molar-refractivity contribution in [3.8, 4) is 11.5 Å². The van der Waals surface area contributed by atoms with Crippen molar-refractivity contribution in [1.82, 2.24) is 0 Å². The second-order valence-electron chi connectivity index (χ2n) is 4.71. The van der Waals surface area contributed by atoms with E-state index in [-0.39, 0.29) is 11.3 Å². The highest BCUT2D eigenvalue weighted by Crippen LogP contribution is 2.41. The average Bonchev–Trinajstić information content (AvgIpc) is 2.53. The topological polar surface area (TPSA) is 18.5 Å². The van der Waals surface area contributed by atoms with Crippen LogP contribution in [0.5, 0.6) is 11.5 Å². The van der Waals surface area contributed by atoms with Gasteiger partial charge >= 0.3 is 0 Å². The molecule has 0 heterocycles. The van der Waals surface area contributed by atoms with E-state index in [1.54, 1.807) is 14.2 Å². The largest absolute Gasteiger partial charge is 0.497 e. The van der Waals surface area contributed by atoms with Gasteiger partial charge in [-0.25, -0.2) is 0 Å². The first-order chi connectivity index (χ1) is 9.67. The van der Waals surface area contributed by atoms with Gasteiger partial charge < -0.3 is 9.47 Å². The van der Waals surface area contributed by atoms with Gasteiger partial charge in [0.15, 0.2) is 0 Å². The van der Waals surface area contributed by atoms with Crippen molar-refractivity contribution in [3.05, 3.63) is 59.7 Å². The minimum Gasteiger partial charge on any atom is -0.497 e. The van der Waals surface area contributed by atoms with E-state index in [1.807, 2.05) is 36.4 Å². The van der Waals surface area contributed by atoms with E-state index in [9.17, 15) is 0 Å². The summed E-state index contributed by atoms with van der Waals surface area (Å²) in [5.41, 5.74) is 2.15. The maximum absolute atomic E-state index is 6.67. The predicted octanol–water partition coefficient (Wildman–Crippen LogP) is 4.79. The molecule has 0 bridgehead atoms. The Bertz CT molecular complexity index is 554. The number of benzene rings is 2. The molecular weight excluding hydrogens is 272 g/mol. The van der Waals surface area contributed by atoms with Crippen LogP contribution in [-0.4, -0.2) is 14.2 Å². The summed E-state index contributed by atoms with van der Waals surface area (Å²) in [4.78, 5) is 0. The summed E-state index contributed by atoms with van der Waals surface area (Å²) in [6, 6.07) is 15.9. The van der Waals surface area contributed by atoms with Crippen LogP contribution in [0.2, 0.25) is 0 Å². The Balaban J connectivity index is 2.34. The second-order valence-corrected chi connectivity index (χ2v) is 5.18. The van der Waals surface area contributed by atoms with Crippen LogP contribution in [-0.2, 0) is 0 Å². The first kappa shape index (κ1) is 14.7. The molecule has 2 unspecified atom stereocenters. The standard InChI is InChI=1S/C17H19ClO2/c1-12(13-7-5-4-6-8-13)17(18)15-11-14(19-2)9-10-16(15)20-3/h4-12,17H,1-3H3. The van der Waals surface area contributed by atoms with Gasteiger partial charge in [0.2, 0.25) is 0 Å². The Hall–Kier alpha value is -1.67. The molecule has 0 aliphatic heterocycles. The number of ether oxygens (including phenoxy) is 2. The molecule has 2 nitrogen and oxygen atoms in total. The lowest BCUT2D eigenvalue weighted by Crippen LogP contribution is -2.05. The number of hydrogen-bond acceptors (Lipinski definition) is 2. The molecule has 0 aliphatic rings. The molecule has 0 aromatic heterocycles. The van der Waals surface area contributed by atoms with Gasteiger partial charge in [0.05, 0.1) is 19.6 Å². The van der Waals surface area contributed by atoms with Crippen LogP contribution >= 0.6 is 11.6 Å². The van der Waals surface area contributed by atoms with Gasteiger partial charge in [-0.1, -0.05) is 37.3 Å². The summed E-state index contributed by atoms with van der Waals surface area (Å²) in [5, 5.41) is -0.178. The minimum absolute atomic E-state index is 0.178. The van der Waals surface area contributed by atoms with Gasteiger partial charge in [0.1, 0.15) is 11.5 Å². The lowest BCUT2D eigenvalue weighted by Gasteiger charge is -2.21. The van der Waals surface area contributed by atoms with Gasteiger partial charge in [0, 0.05) is 11.5 Å². The third-order valence-electron chi connectivity index (χ3n) is 3.50. The Kier molecular flexibility index (Phi) is 4.91. The fourth-order valence-electron chi connectivity index (χ4n) is 2.25. The number of rotatable bonds is 5. The van der Waals surface area contributed by atoms with Gasteiger partial charge in [-0.3, -0.25) is 0 Å². The molecule has 20 heavy (non-hydrogen) atoms. The highest BCUT2D eigenvalue weighted by Gasteiger charge is 2.22. The summed E-state index contributed by atoms with van der Waals surface area (Å²) in [6.07, 6.45) is 0. The maximum atomic E-state index is 6.67. The summed E-state index contributed by atoms with van der Waals surface area (Å²) in [7, 11) is 3.30. The van der Waals surface area contributed by atoms with Crippen LogP contribution in [0.15, 0.2) is 48.5 Å². The monoisotopic (exact) mass is 290 g/mol. The number of methoxy groups -OCH3 is 2. The van der Waals surface area contributed by atoms with Crippen LogP contribution in [0.3, 0.4) is 0 Å². The molecule has 0 aliphatic carbocycles. The van der Waals surface area contributed by atoms with E-state index < -0.39 is 0 Å². The molecule has 2 rings (SSSR count). The summed E-state index contributed by atoms with van der Waals surface area (Å²) in [6.45, 7) is 2.12. The Morgan fingerprint density at radius 3 is 2.25 bits per heavy atom. The van der Waals surface area contributed by atoms with Crippen LogP contribution in [0.25, 0.3) is 0 Å². The fourth-order valence-corrected chi connectivity index (χ4v) is 2.57. The van der Waals surface area contributed by atoms with E-state index >= 15 is 0 Å². The van der Waals surface area contributed by atoms with Crippen molar-refractivity contribution in [2.75, 3.05) is 14.2 Å². The second kappa shape index (κ2) is 6.67. The summed E-state index contributed by atoms with van der Waals surface area (Å²) in [5.74, 6) is 1.75. The molecular formula is C17H19ClO2. The quantitative estimate of drug-likeness (QED) is 0.737. The molecule has 0 fully saturated rings. The molecule has 2 aromatic carbocycles. The van der Waals surface area contributed by atoms with Crippen LogP contribution in [0, 0.1) is 0 Å². The zero-order valence-electron chi connectivity index (χ0n) is 12.0. The van der Waals surface area contributed by atoms with Gasteiger partial charge in [-0.05, 0) is 23.8 Å². The van der Waals surface area contributed by atoms with Crippen molar-refractivity contribution in [1.29, 1.82) is 0 Å². The number of halogens is 1. The normalized spacial score (nSPS) is 13.6. The van der Waals surface area contributed by atoms with E-state index in [2.05, 4.69) is 19.1 Å². The lowest BCUT2D eigenvalue weighted by molar-refractivity contribution is 0.397. The third kappa shape index (κ3) is 3.07. The first-order valence-electron chi connectivity index (χ1n) is 6.58. The fraction of sp³-hybridized carbons (Fsp3) is 0.294. The molecule has 0 N–H and O–H groups in total. The molecule has 0 saturated carbocycles. The number of hydrogen-bond donors (Lipinski definition) is 0. The van der Waals surface area contributed by atoms with Crippen LogP contribution in [0.1, 0.15) is 29.3 Å². The van der Waals surface area contributed by atoms with Crippen LogP contribution in [0.4, 0.5) is 0 Å². The summed E-state index contributed by atoms with van der Waals surface area (Å²) >= 11 is 6.67. The highest BCUT2D eigenvalue weighted by molar-refractivity contribution is 6.21. The highest BCUT2D eigenvalue weighted by atomic mass is 35.5. The molecule has 0 radical (unpaired) electrons. The molecule has 0 saturated heterocycles. The summed E-state index contributed by atoms with van der Waals surface area (Å²) < 4.78 is 10.7. The number of alkyl halides is 1. The van der Waals surface area contributed by atoms with Crippen molar-refractivity contribution in [2.45, 2.75) is 18.2 Å². The smallest absolute Gasteiger partial charge is 0.123 e. The molecule has 0 amide bonds. The predicted molar refractivity (Wildman–Crippen MR) is 83.0 cm³/mol. The molecule has 2 aromatic rings. The van der Waals surface area contributed by atoms with Crippen molar-refractivity contribution in [3.63, 3.8) is 0 Å². The van der Waals surface area contributed by atoms with Crippen molar-refractivity contribution < 1.29 is 9.47 Å². The molecule has 2 atom stereocenters. The third-order valence-corrected chi connectivity index (χ3v) is 4.11. The minimum atomic E-state index is -0.178.